The molecule has 1 saturated carbocycles. The van der Waals surface area contributed by atoms with Crippen LogP contribution in [0.25, 0.3) is 0 Å². The fourth-order valence-corrected chi connectivity index (χ4v) is 1.28. The van der Waals surface area contributed by atoms with Gasteiger partial charge in [0.2, 0.25) is 5.91 Å². The van der Waals surface area contributed by atoms with Crippen molar-refractivity contribution < 1.29 is 14.3 Å². The van der Waals surface area contributed by atoms with Gasteiger partial charge in [0.25, 0.3) is 0 Å². The summed E-state index contributed by atoms with van der Waals surface area (Å²) >= 11 is 0. The summed E-state index contributed by atoms with van der Waals surface area (Å²) in [6.07, 6.45) is 2.21. The molecular weight excluding hydrogens is 208 g/mol. The summed E-state index contributed by atoms with van der Waals surface area (Å²) in [4.78, 5) is 22.6. The smallest absolute Gasteiger partial charge is 0.356 e. The maximum absolute atomic E-state index is 11.6. The van der Waals surface area contributed by atoms with Crippen LogP contribution in [-0.4, -0.2) is 24.5 Å². The minimum atomic E-state index is -0.497. The average Bonchev–Trinajstić information content (AvgIpc) is 2.97. The molecule has 1 aliphatic rings. The van der Waals surface area contributed by atoms with Gasteiger partial charge in [-0.25, -0.2) is 4.79 Å². The fourth-order valence-electron chi connectivity index (χ4n) is 1.28. The molecule has 0 spiro atoms. The lowest BCUT2D eigenvalue weighted by molar-refractivity contribution is -0.140. The van der Waals surface area contributed by atoms with Crippen molar-refractivity contribution >= 4 is 11.9 Å². The SMILES string of the molecule is CCOC(=O)/C(NC(C)=O)=C(\C)NC1CC1. The van der Waals surface area contributed by atoms with Gasteiger partial charge in [-0.3, -0.25) is 4.79 Å². The predicted molar refractivity (Wildman–Crippen MR) is 59.3 cm³/mol. The van der Waals surface area contributed by atoms with Gasteiger partial charge in [-0.15, -0.1) is 0 Å². The Bertz CT molecular complexity index is 319. The molecule has 0 radical (unpaired) electrons. The fraction of sp³-hybridized carbons (Fsp3) is 0.636. The van der Waals surface area contributed by atoms with Crippen molar-refractivity contribution in [3.8, 4) is 0 Å². The number of esters is 1. The number of hydrogen-bond donors (Lipinski definition) is 2. The van der Waals surface area contributed by atoms with Crippen molar-refractivity contribution in [3.63, 3.8) is 0 Å². The van der Waals surface area contributed by atoms with E-state index in [2.05, 4.69) is 10.6 Å². The van der Waals surface area contributed by atoms with Crippen molar-refractivity contribution in [3.05, 3.63) is 11.4 Å². The minimum absolute atomic E-state index is 0.209. The maximum Gasteiger partial charge on any atom is 0.356 e. The van der Waals surface area contributed by atoms with Gasteiger partial charge in [0, 0.05) is 18.7 Å². The van der Waals surface area contributed by atoms with Crippen molar-refractivity contribution in [1.82, 2.24) is 10.6 Å². The highest BCUT2D eigenvalue weighted by Crippen LogP contribution is 2.20. The molecule has 16 heavy (non-hydrogen) atoms. The van der Waals surface area contributed by atoms with Gasteiger partial charge in [0.05, 0.1) is 6.61 Å². The Morgan fingerprint density at radius 2 is 1.94 bits per heavy atom. The lowest BCUT2D eigenvalue weighted by Crippen LogP contribution is -2.31. The second kappa shape index (κ2) is 5.53. The van der Waals surface area contributed by atoms with E-state index in [1.165, 1.54) is 6.92 Å². The molecule has 1 amide bonds. The summed E-state index contributed by atoms with van der Waals surface area (Å²) in [5.41, 5.74) is 0.873. The molecule has 1 rings (SSSR count). The van der Waals surface area contributed by atoms with E-state index in [-0.39, 0.29) is 11.6 Å². The maximum atomic E-state index is 11.6. The molecule has 0 unspecified atom stereocenters. The van der Waals surface area contributed by atoms with E-state index < -0.39 is 5.97 Å². The molecule has 0 heterocycles. The van der Waals surface area contributed by atoms with Gasteiger partial charge in [-0.2, -0.15) is 0 Å². The summed E-state index contributed by atoms with van der Waals surface area (Å²) in [5, 5.41) is 5.66. The Morgan fingerprint density at radius 1 is 1.31 bits per heavy atom. The van der Waals surface area contributed by atoms with Gasteiger partial charge in [0.1, 0.15) is 5.70 Å². The molecule has 5 nitrogen and oxygen atoms in total. The van der Waals surface area contributed by atoms with Crippen molar-refractivity contribution in [2.45, 2.75) is 39.7 Å². The lowest BCUT2D eigenvalue weighted by Gasteiger charge is -2.12. The first-order valence-corrected chi connectivity index (χ1v) is 5.46. The van der Waals surface area contributed by atoms with Gasteiger partial charge in [0.15, 0.2) is 0 Å². The number of rotatable bonds is 5. The minimum Gasteiger partial charge on any atom is -0.461 e. The Kier molecular flexibility index (Phi) is 4.34. The summed E-state index contributed by atoms with van der Waals surface area (Å²) in [7, 11) is 0. The molecule has 0 aromatic heterocycles. The van der Waals surface area contributed by atoms with Gasteiger partial charge in [-0.05, 0) is 26.7 Å². The van der Waals surface area contributed by atoms with E-state index >= 15 is 0 Å². The van der Waals surface area contributed by atoms with Gasteiger partial charge >= 0.3 is 5.97 Å². The largest absolute Gasteiger partial charge is 0.461 e. The highest BCUT2D eigenvalue weighted by molar-refractivity contribution is 5.93. The number of nitrogens with one attached hydrogen (secondary N) is 2. The average molecular weight is 226 g/mol. The third kappa shape index (κ3) is 3.92. The summed E-state index contributed by atoms with van der Waals surface area (Å²) in [6.45, 7) is 5.15. The lowest BCUT2D eigenvalue weighted by atomic mass is 10.3. The van der Waals surface area contributed by atoms with Crippen LogP contribution in [-0.2, 0) is 14.3 Å². The van der Waals surface area contributed by atoms with Crippen LogP contribution in [0.4, 0.5) is 0 Å². The zero-order valence-electron chi connectivity index (χ0n) is 9.92. The molecular formula is C11H18N2O3. The predicted octanol–water partition coefficient (Wildman–Crippen LogP) is 0.669. The Morgan fingerprint density at radius 3 is 2.38 bits per heavy atom. The number of amides is 1. The zero-order valence-corrected chi connectivity index (χ0v) is 9.92. The third-order valence-corrected chi connectivity index (χ3v) is 2.15. The van der Waals surface area contributed by atoms with E-state index in [0.717, 1.165) is 12.8 Å². The van der Waals surface area contributed by atoms with Crippen LogP contribution in [0.15, 0.2) is 11.4 Å². The number of ether oxygens (including phenoxy) is 1. The topological polar surface area (TPSA) is 67.4 Å². The van der Waals surface area contributed by atoms with Crippen LogP contribution in [0.5, 0.6) is 0 Å². The number of carbonyl (C=O) groups excluding carboxylic acids is 2. The van der Waals surface area contributed by atoms with Crippen LogP contribution < -0.4 is 10.6 Å². The van der Waals surface area contributed by atoms with E-state index in [1.54, 1.807) is 13.8 Å². The number of carbonyl (C=O) groups is 2. The first-order chi connectivity index (χ1) is 7.54. The molecule has 0 aromatic carbocycles. The van der Waals surface area contributed by atoms with Crippen LogP contribution in [0, 0.1) is 0 Å². The second-order valence-corrected chi connectivity index (χ2v) is 3.82. The van der Waals surface area contributed by atoms with Crippen LogP contribution in [0.3, 0.4) is 0 Å². The number of hydrogen-bond acceptors (Lipinski definition) is 4. The summed E-state index contributed by atoms with van der Waals surface area (Å²) in [6, 6.07) is 0.429. The van der Waals surface area contributed by atoms with Crippen LogP contribution in [0.1, 0.15) is 33.6 Å². The Balaban J connectivity index is 2.73. The molecule has 0 aromatic rings. The first kappa shape index (κ1) is 12.5. The molecule has 5 heteroatoms. The van der Waals surface area contributed by atoms with E-state index in [1.807, 2.05) is 0 Å². The van der Waals surface area contributed by atoms with Crippen LogP contribution in [0.2, 0.25) is 0 Å². The van der Waals surface area contributed by atoms with Crippen molar-refractivity contribution in [2.24, 2.45) is 0 Å². The molecule has 0 bridgehead atoms. The van der Waals surface area contributed by atoms with E-state index in [9.17, 15) is 9.59 Å². The zero-order chi connectivity index (χ0) is 12.1. The molecule has 1 aliphatic carbocycles. The molecule has 90 valence electrons. The molecule has 0 saturated heterocycles. The van der Waals surface area contributed by atoms with Crippen molar-refractivity contribution in [2.75, 3.05) is 6.61 Å². The third-order valence-electron chi connectivity index (χ3n) is 2.15. The second-order valence-electron chi connectivity index (χ2n) is 3.82. The Hall–Kier alpha value is -1.52. The standard InChI is InChI=1S/C11H18N2O3/c1-4-16-11(15)10(13-8(3)14)7(2)12-9-5-6-9/h9,12H,4-6H2,1-3H3,(H,13,14)/b10-7-. The quantitative estimate of drug-likeness (QED) is 0.534. The van der Waals surface area contributed by atoms with Crippen molar-refractivity contribution in [1.29, 1.82) is 0 Å². The molecule has 2 N–H and O–H groups in total. The van der Waals surface area contributed by atoms with Gasteiger partial charge in [-0.1, -0.05) is 0 Å². The number of allylic oxidation sites excluding steroid dienone is 1. The molecule has 0 atom stereocenters. The summed E-state index contributed by atoms with van der Waals surface area (Å²) in [5.74, 6) is -0.775. The highest BCUT2D eigenvalue weighted by Gasteiger charge is 2.24. The van der Waals surface area contributed by atoms with Gasteiger partial charge < -0.3 is 15.4 Å². The first-order valence-electron chi connectivity index (χ1n) is 5.46. The molecule has 0 aliphatic heterocycles. The van der Waals surface area contributed by atoms with E-state index in [0.29, 0.717) is 18.3 Å². The highest BCUT2D eigenvalue weighted by atomic mass is 16.5. The summed E-state index contributed by atoms with van der Waals surface area (Å²) < 4.78 is 4.88. The van der Waals surface area contributed by atoms with E-state index in [4.69, 9.17) is 4.74 Å². The monoisotopic (exact) mass is 226 g/mol. The normalized spacial score (nSPS) is 16.2. The van der Waals surface area contributed by atoms with Crippen LogP contribution >= 0.6 is 0 Å². The molecule has 1 fully saturated rings. The Labute approximate surface area is 95.2 Å².